The van der Waals surface area contributed by atoms with E-state index in [1.807, 2.05) is 22.7 Å². The molecular formula is C54H33NS2. The minimum absolute atomic E-state index is 1.21. The zero-order chi connectivity index (χ0) is 37.5. The lowest BCUT2D eigenvalue weighted by atomic mass is 9.95. The fraction of sp³-hybridized carbons (Fsp3) is 0. The van der Waals surface area contributed by atoms with E-state index >= 15 is 0 Å². The first-order chi connectivity index (χ1) is 28.2. The van der Waals surface area contributed by atoms with Crippen molar-refractivity contribution >= 4 is 84.8 Å². The molecule has 12 rings (SSSR count). The second-order valence-corrected chi connectivity index (χ2v) is 17.0. The first-order valence-corrected chi connectivity index (χ1v) is 21.0. The predicted octanol–water partition coefficient (Wildman–Crippen LogP) is 16.2. The topological polar surface area (TPSA) is 4.93 Å². The van der Waals surface area contributed by atoms with Crippen molar-refractivity contribution in [1.82, 2.24) is 4.57 Å². The summed E-state index contributed by atoms with van der Waals surface area (Å²) in [6.07, 6.45) is 0. The van der Waals surface area contributed by atoms with Crippen LogP contribution >= 0.6 is 22.7 Å². The standard InChI is InChI=1S/C54H33NS2/c1-4-13-34(14-5-1)37-24-27-48-45(29-37)46-30-38(35-15-6-2-7-16-35)25-28-49(46)55(48)50-21-12-20-43-47-32-40(31-44(53(47)57-54(43)50)36-17-8-3-9-18-36)39-23-26-42-41-19-10-11-22-51(41)56-52(42)33-39/h1-33H. The fourth-order valence-corrected chi connectivity index (χ4v) is 11.3. The highest BCUT2D eigenvalue weighted by molar-refractivity contribution is 7.27. The van der Waals surface area contributed by atoms with Gasteiger partial charge in [-0.1, -0.05) is 146 Å². The van der Waals surface area contributed by atoms with Gasteiger partial charge in [-0.25, -0.2) is 0 Å². The number of nitrogens with zero attached hydrogens (tertiary/aromatic N) is 1. The van der Waals surface area contributed by atoms with Gasteiger partial charge in [-0.15, -0.1) is 22.7 Å². The summed E-state index contributed by atoms with van der Waals surface area (Å²) in [5.41, 5.74) is 13.5. The van der Waals surface area contributed by atoms with Crippen molar-refractivity contribution in [2.24, 2.45) is 0 Å². The van der Waals surface area contributed by atoms with Crippen molar-refractivity contribution < 1.29 is 0 Å². The SMILES string of the molecule is c1ccc(-c2ccc3c(c2)c2cc(-c4ccccc4)ccc2n3-c2cccc3c2sc2c(-c4ccccc4)cc(-c4ccc5c(c4)sc4ccccc45)cc23)cc1. The Labute approximate surface area is 338 Å². The summed E-state index contributed by atoms with van der Waals surface area (Å²) in [6.45, 7) is 0. The Balaban J connectivity index is 1.11. The van der Waals surface area contributed by atoms with E-state index in [9.17, 15) is 0 Å². The van der Waals surface area contributed by atoms with Gasteiger partial charge < -0.3 is 4.57 Å². The fourth-order valence-electron chi connectivity index (χ4n) is 8.87. The first-order valence-electron chi connectivity index (χ1n) is 19.4. The molecule has 0 unspecified atom stereocenters. The smallest absolute Gasteiger partial charge is 0.0640 e. The molecular weight excluding hydrogens is 727 g/mol. The monoisotopic (exact) mass is 759 g/mol. The summed E-state index contributed by atoms with van der Waals surface area (Å²) >= 11 is 3.80. The maximum absolute atomic E-state index is 2.50. The summed E-state index contributed by atoms with van der Waals surface area (Å²) in [5, 5.41) is 7.75. The summed E-state index contributed by atoms with van der Waals surface area (Å²) < 4.78 is 7.77. The van der Waals surface area contributed by atoms with Gasteiger partial charge in [0.05, 0.1) is 21.4 Å². The first kappa shape index (κ1) is 32.5. The molecule has 3 heteroatoms. The average molecular weight is 760 g/mol. The molecule has 0 saturated heterocycles. The number of thiophene rings is 2. The molecule has 0 fully saturated rings. The lowest BCUT2D eigenvalue weighted by Crippen LogP contribution is -1.94. The molecule has 0 radical (unpaired) electrons. The van der Waals surface area contributed by atoms with Crippen LogP contribution in [0.5, 0.6) is 0 Å². The van der Waals surface area contributed by atoms with E-state index < -0.39 is 0 Å². The van der Waals surface area contributed by atoms with Crippen LogP contribution in [0.3, 0.4) is 0 Å². The van der Waals surface area contributed by atoms with Crippen molar-refractivity contribution in [2.75, 3.05) is 0 Å². The van der Waals surface area contributed by atoms with Gasteiger partial charge in [0.25, 0.3) is 0 Å². The minimum Gasteiger partial charge on any atom is -0.308 e. The van der Waals surface area contributed by atoms with E-state index in [-0.39, 0.29) is 0 Å². The number of benzene rings is 9. The maximum atomic E-state index is 2.50. The molecule has 0 aliphatic rings. The molecule has 1 nitrogen and oxygen atoms in total. The van der Waals surface area contributed by atoms with E-state index in [0.717, 1.165) is 0 Å². The molecule has 0 bridgehead atoms. The summed E-state index contributed by atoms with van der Waals surface area (Å²) in [6, 6.07) is 73.8. The van der Waals surface area contributed by atoms with Crippen LogP contribution in [-0.2, 0) is 0 Å². The van der Waals surface area contributed by atoms with Gasteiger partial charge in [0.1, 0.15) is 0 Å². The Kier molecular flexibility index (Phi) is 7.34. The number of aromatic nitrogens is 1. The summed E-state index contributed by atoms with van der Waals surface area (Å²) in [5.74, 6) is 0. The van der Waals surface area contributed by atoms with Crippen LogP contribution in [0.4, 0.5) is 0 Å². The van der Waals surface area contributed by atoms with Crippen molar-refractivity contribution in [3.63, 3.8) is 0 Å². The molecule has 0 amide bonds. The molecule has 0 N–H and O–H groups in total. The quantitative estimate of drug-likeness (QED) is 0.165. The minimum atomic E-state index is 1.21. The zero-order valence-corrected chi connectivity index (χ0v) is 32.4. The van der Waals surface area contributed by atoms with E-state index in [2.05, 4.69) is 205 Å². The molecule has 0 saturated carbocycles. The van der Waals surface area contributed by atoms with Crippen LogP contribution in [-0.4, -0.2) is 4.57 Å². The zero-order valence-electron chi connectivity index (χ0n) is 30.8. The van der Waals surface area contributed by atoms with E-state index in [1.54, 1.807) is 0 Å². The van der Waals surface area contributed by atoms with Crippen molar-refractivity contribution in [1.29, 1.82) is 0 Å². The highest BCUT2D eigenvalue weighted by Gasteiger charge is 2.20. The molecule has 0 atom stereocenters. The van der Waals surface area contributed by atoms with Crippen molar-refractivity contribution in [3.8, 4) is 50.2 Å². The van der Waals surface area contributed by atoms with Gasteiger partial charge in [-0.2, -0.15) is 0 Å². The van der Waals surface area contributed by atoms with Gasteiger partial charge in [0.2, 0.25) is 0 Å². The Morgan fingerprint density at radius 2 is 0.825 bits per heavy atom. The molecule has 3 heterocycles. The number of fused-ring (bicyclic) bond motifs is 9. The van der Waals surface area contributed by atoms with Gasteiger partial charge in [-0.05, 0) is 93.5 Å². The molecule has 12 aromatic rings. The molecule has 0 aliphatic heterocycles. The Morgan fingerprint density at radius 1 is 0.281 bits per heavy atom. The van der Waals surface area contributed by atoms with Crippen LogP contribution < -0.4 is 0 Å². The maximum Gasteiger partial charge on any atom is 0.0640 e. The lowest BCUT2D eigenvalue weighted by molar-refractivity contribution is 1.20. The Hall–Kier alpha value is -6.78. The Bertz CT molecular complexity index is 3400. The highest BCUT2D eigenvalue weighted by Crippen LogP contribution is 2.47. The summed E-state index contributed by atoms with van der Waals surface area (Å²) in [4.78, 5) is 0. The van der Waals surface area contributed by atoms with Crippen molar-refractivity contribution in [2.45, 2.75) is 0 Å². The van der Waals surface area contributed by atoms with E-state index in [1.165, 1.54) is 112 Å². The normalized spacial score (nSPS) is 11.9. The number of hydrogen-bond acceptors (Lipinski definition) is 2. The van der Waals surface area contributed by atoms with Crippen LogP contribution in [0.25, 0.3) is 112 Å². The predicted molar refractivity (Wildman–Crippen MR) is 248 cm³/mol. The lowest BCUT2D eigenvalue weighted by Gasteiger charge is -2.10. The molecule has 266 valence electrons. The molecule has 0 spiro atoms. The third-order valence-corrected chi connectivity index (χ3v) is 14.0. The number of rotatable bonds is 5. The van der Waals surface area contributed by atoms with Gasteiger partial charge >= 0.3 is 0 Å². The number of hydrogen-bond donors (Lipinski definition) is 0. The second kappa shape index (κ2) is 12.9. The highest BCUT2D eigenvalue weighted by atomic mass is 32.1. The Morgan fingerprint density at radius 3 is 1.51 bits per heavy atom. The van der Waals surface area contributed by atoms with Gasteiger partial charge in [0.15, 0.2) is 0 Å². The molecule has 9 aromatic carbocycles. The van der Waals surface area contributed by atoms with Crippen LogP contribution in [0, 0.1) is 0 Å². The third kappa shape index (κ3) is 5.20. The third-order valence-electron chi connectivity index (χ3n) is 11.6. The second-order valence-electron chi connectivity index (χ2n) is 14.9. The average Bonchev–Trinajstić information content (AvgIpc) is 3.96. The van der Waals surface area contributed by atoms with Gasteiger partial charge in [-0.3, -0.25) is 0 Å². The van der Waals surface area contributed by atoms with Crippen molar-refractivity contribution in [3.05, 3.63) is 200 Å². The van der Waals surface area contributed by atoms with Crippen LogP contribution in [0.1, 0.15) is 0 Å². The van der Waals surface area contributed by atoms with Gasteiger partial charge in [0, 0.05) is 52.0 Å². The van der Waals surface area contributed by atoms with E-state index in [4.69, 9.17) is 0 Å². The van der Waals surface area contributed by atoms with Crippen LogP contribution in [0.2, 0.25) is 0 Å². The molecule has 57 heavy (non-hydrogen) atoms. The molecule has 0 aliphatic carbocycles. The van der Waals surface area contributed by atoms with E-state index in [0.29, 0.717) is 0 Å². The molecule has 3 aromatic heterocycles. The van der Waals surface area contributed by atoms with Crippen LogP contribution in [0.15, 0.2) is 200 Å². The summed E-state index contributed by atoms with van der Waals surface area (Å²) in [7, 11) is 0. The largest absolute Gasteiger partial charge is 0.308 e.